The van der Waals surface area contributed by atoms with Crippen molar-refractivity contribution in [3.8, 4) is 0 Å². The highest BCUT2D eigenvalue weighted by Crippen LogP contribution is 2.25. The van der Waals surface area contributed by atoms with Gasteiger partial charge in [-0.1, -0.05) is 23.8 Å². The summed E-state index contributed by atoms with van der Waals surface area (Å²) in [4.78, 5) is 4.29. The van der Waals surface area contributed by atoms with E-state index in [4.69, 9.17) is 4.74 Å². The number of nitrogens with one attached hydrogen (secondary N) is 1. The fraction of sp³-hybridized carbons (Fsp3) is 0.353. The number of aryl methyl sites for hydroxylation is 1. The van der Waals surface area contributed by atoms with Gasteiger partial charge in [0.2, 0.25) is 0 Å². The van der Waals surface area contributed by atoms with Crippen molar-refractivity contribution in [1.29, 1.82) is 0 Å². The predicted molar refractivity (Wildman–Crippen MR) is 83.1 cm³/mol. The molecule has 3 nitrogen and oxygen atoms in total. The van der Waals surface area contributed by atoms with Gasteiger partial charge in [0.15, 0.2) is 0 Å². The maximum absolute atomic E-state index is 13.8. The molecule has 110 valence electrons. The van der Waals surface area contributed by atoms with Crippen LogP contribution in [-0.4, -0.2) is 24.7 Å². The van der Waals surface area contributed by atoms with Crippen LogP contribution in [0.4, 0.5) is 10.1 Å². The second-order valence-electron chi connectivity index (χ2n) is 5.31. The summed E-state index contributed by atoms with van der Waals surface area (Å²) in [6.07, 6.45) is 4.15. The van der Waals surface area contributed by atoms with Gasteiger partial charge < -0.3 is 10.1 Å². The number of anilines is 1. The third-order valence-corrected chi connectivity index (χ3v) is 3.74. The molecule has 1 aromatic heterocycles. The van der Waals surface area contributed by atoms with Gasteiger partial charge in [0, 0.05) is 23.3 Å². The molecule has 0 aliphatic carbocycles. The average molecular weight is 286 g/mol. The number of hydrogen-bond acceptors (Lipinski definition) is 3. The number of ether oxygens (including phenoxy) is 1. The number of para-hydroxylation sites is 1. The summed E-state index contributed by atoms with van der Waals surface area (Å²) in [5.74, 6) is -0.272. The summed E-state index contributed by atoms with van der Waals surface area (Å²) >= 11 is 0. The van der Waals surface area contributed by atoms with Crippen LogP contribution in [0.5, 0.6) is 0 Å². The number of nitrogens with zero attached hydrogens (tertiary/aromatic N) is 1. The maximum Gasteiger partial charge on any atom is 0.149 e. The molecule has 0 bridgehead atoms. The van der Waals surface area contributed by atoms with Crippen LogP contribution in [0.15, 0.2) is 35.9 Å². The number of hydrogen-bond donors (Lipinski definition) is 1. The van der Waals surface area contributed by atoms with E-state index in [9.17, 15) is 4.39 Å². The van der Waals surface area contributed by atoms with Crippen molar-refractivity contribution in [1.82, 2.24) is 4.98 Å². The average Bonchev–Trinajstić information content (AvgIpc) is 2.49. The van der Waals surface area contributed by atoms with E-state index in [-0.39, 0.29) is 5.82 Å². The summed E-state index contributed by atoms with van der Waals surface area (Å²) in [6.45, 7) is 4.26. The minimum atomic E-state index is -0.272. The van der Waals surface area contributed by atoms with Gasteiger partial charge in [-0.3, -0.25) is 0 Å². The van der Waals surface area contributed by atoms with Crippen LogP contribution in [0.2, 0.25) is 0 Å². The zero-order valence-corrected chi connectivity index (χ0v) is 12.2. The predicted octanol–water partition coefficient (Wildman–Crippen LogP) is 3.83. The summed E-state index contributed by atoms with van der Waals surface area (Å²) in [7, 11) is 0. The van der Waals surface area contributed by atoms with Crippen LogP contribution in [0.1, 0.15) is 18.5 Å². The number of aromatic nitrogens is 1. The number of fused-ring (bicyclic) bond motifs is 1. The molecule has 1 N–H and O–H groups in total. The lowest BCUT2D eigenvalue weighted by Gasteiger charge is -2.15. The first-order chi connectivity index (χ1) is 10.2. The zero-order chi connectivity index (χ0) is 14.7. The second kappa shape index (κ2) is 6.22. The number of pyridine rings is 1. The van der Waals surface area contributed by atoms with Crippen LogP contribution >= 0.6 is 0 Å². The zero-order valence-electron chi connectivity index (χ0n) is 12.2. The molecular formula is C17H19FN2O. The van der Waals surface area contributed by atoms with Crippen LogP contribution < -0.4 is 5.32 Å². The molecule has 2 heterocycles. The maximum atomic E-state index is 13.8. The van der Waals surface area contributed by atoms with E-state index >= 15 is 0 Å². The minimum Gasteiger partial charge on any atom is -0.384 e. The lowest BCUT2D eigenvalue weighted by Crippen LogP contribution is -2.09. The molecule has 0 fully saturated rings. The molecule has 0 spiro atoms. The van der Waals surface area contributed by atoms with Gasteiger partial charge in [-0.05, 0) is 31.9 Å². The molecule has 0 unspecified atom stereocenters. The molecule has 3 rings (SSSR count). The molecule has 1 aliphatic rings. The summed E-state index contributed by atoms with van der Waals surface area (Å²) in [5.41, 5.74) is 3.63. The Morgan fingerprint density at radius 3 is 3.10 bits per heavy atom. The minimum absolute atomic E-state index is 0.272. The molecule has 1 aliphatic heterocycles. The molecule has 0 saturated heterocycles. The van der Waals surface area contributed by atoms with E-state index in [0.717, 1.165) is 49.4 Å². The highest BCUT2D eigenvalue weighted by atomic mass is 19.1. The lowest BCUT2D eigenvalue weighted by atomic mass is 10.1. The smallest absolute Gasteiger partial charge is 0.149 e. The van der Waals surface area contributed by atoms with Crippen molar-refractivity contribution in [2.45, 2.75) is 19.8 Å². The Morgan fingerprint density at radius 1 is 1.38 bits per heavy atom. The summed E-state index contributed by atoms with van der Waals surface area (Å²) < 4.78 is 19.2. The van der Waals surface area contributed by atoms with Crippen molar-refractivity contribution < 1.29 is 9.13 Å². The molecule has 2 aromatic rings. The third kappa shape index (κ3) is 3.22. The molecular weight excluding hydrogens is 267 g/mol. The molecule has 0 radical (unpaired) electrons. The number of benzene rings is 1. The third-order valence-electron chi connectivity index (χ3n) is 3.74. The van der Waals surface area contributed by atoms with Gasteiger partial charge in [0.1, 0.15) is 11.3 Å². The quantitative estimate of drug-likeness (QED) is 0.867. The number of halogens is 1. The van der Waals surface area contributed by atoms with Crippen molar-refractivity contribution in [3.63, 3.8) is 0 Å². The standard InChI is InChI=1S/C17H19FN2O/c1-12-11-16(14-3-2-4-15(18)17(14)20-12)19-8-5-13-6-9-21-10-7-13/h2-4,6,11H,5,7-10H2,1H3,(H,19,20). The van der Waals surface area contributed by atoms with Crippen molar-refractivity contribution in [2.24, 2.45) is 0 Å². The monoisotopic (exact) mass is 286 g/mol. The fourth-order valence-electron chi connectivity index (χ4n) is 2.64. The van der Waals surface area contributed by atoms with Crippen molar-refractivity contribution in [2.75, 3.05) is 25.1 Å². The van der Waals surface area contributed by atoms with E-state index in [1.807, 2.05) is 19.1 Å². The van der Waals surface area contributed by atoms with Gasteiger partial charge in [0.25, 0.3) is 0 Å². The van der Waals surface area contributed by atoms with E-state index in [2.05, 4.69) is 16.4 Å². The van der Waals surface area contributed by atoms with Gasteiger partial charge in [-0.2, -0.15) is 0 Å². The topological polar surface area (TPSA) is 34.1 Å². The molecule has 0 atom stereocenters. The van der Waals surface area contributed by atoms with Crippen LogP contribution in [0.3, 0.4) is 0 Å². The number of rotatable bonds is 4. The first-order valence-electron chi connectivity index (χ1n) is 7.29. The SMILES string of the molecule is Cc1cc(NCCC2=CCOCC2)c2cccc(F)c2n1. The molecule has 21 heavy (non-hydrogen) atoms. The Kier molecular flexibility index (Phi) is 4.15. The lowest BCUT2D eigenvalue weighted by molar-refractivity contribution is 0.153. The van der Waals surface area contributed by atoms with E-state index < -0.39 is 0 Å². The van der Waals surface area contributed by atoms with Gasteiger partial charge in [-0.25, -0.2) is 9.37 Å². The van der Waals surface area contributed by atoms with Crippen LogP contribution in [0, 0.1) is 12.7 Å². The Bertz CT molecular complexity index is 682. The first-order valence-corrected chi connectivity index (χ1v) is 7.29. The Hall–Kier alpha value is -1.94. The molecule has 4 heteroatoms. The molecule has 0 amide bonds. The van der Waals surface area contributed by atoms with Gasteiger partial charge in [-0.15, -0.1) is 0 Å². The van der Waals surface area contributed by atoms with E-state index in [0.29, 0.717) is 5.52 Å². The highest BCUT2D eigenvalue weighted by molar-refractivity contribution is 5.91. The Balaban J connectivity index is 1.77. The largest absolute Gasteiger partial charge is 0.384 e. The van der Waals surface area contributed by atoms with Crippen LogP contribution in [-0.2, 0) is 4.74 Å². The summed E-state index contributed by atoms with van der Waals surface area (Å²) in [6, 6.07) is 7.05. The van der Waals surface area contributed by atoms with E-state index in [1.165, 1.54) is 11.6 Å². The van der Waals surface area contributed by atoms with Crippen LogP contribution in [0.25, 0.3) is 10.9 Å². The Labute approximate surface area is 123 Å². The van der Waals surface area contributed by atoms with Gasteiger partial charge >= 0.3 is 0 Å². The first kappa shape index (κ1) is 14.0. The second-order valence-corrected chi connectivity index (χ2v) is 5.31. The summed E-state index contributed by atoms with van der Waals surface area (Å²) in [5, 5.41) is 4.25. The van der Waals surface area contributed by atoms with E-state index in [1.54, 1.807) is 6.07 Å². The molecule has 0 saturated carbocycles. The molecule has 1 aromatic carbocycles. The Morgan fingerprint density at radius 2 is 2.29 bits per heavy atom. The van der Waals surface area contributed by atoms with Gasteiger partial charge in [0.05, 0.1) is 13.2 Å². The normalized spacial score (nSPS) is 15.0. The van der Waals surface area contributed by atoms with Crippen molar-refractivity contribution >= 4 is 16.6 Å². The highest BCUT2D eigenvalue weighted by Gasteiger charge is 2.08. The van der Waals surface area contributed by atoms with Crippen molar-refractivity contribution in [3.05, 3.63) is 47.4 Å². The fourth-order valence-corrected chi connectivity index (χ4v) is 2.64.